The maximum absolute atomic E-state index is 4.34. The zero-order valence-electron chi connectivity index (χ0n) is 16.1. The molecule has 25 heavy (non-hydrogen) atoms. The monoisotopic (exact) mass is 459 g/mol. The molecule has 1 aromatic carbocycles. The fourth-order valence-corrected chi connectivity index (χ4v) is 2.97. The molecule has 1 heterocycles. The molecular weight excluding hydrogens is 425 g/mol. The van der Waals surface area contributed by atoms with E-state index < -0.39 is 0 Å². The molecule has 0 saturated carbocycles. The molecule has 1 saturated heterocycles. The van der Waals surface area contributed by atoms with Crippen LogP contribution in [0.5, 0.6) is 0 Å². The molecule has 0 aliphatic carbocycles. The molecular formula is C19H34IN5. The molecule has 0 aromatic heterocycles. The summed E-state index contributed by atoms with van der Waals surface area (Å²) >= 11 is 0. The summed E-state index contributed by atoms with van der Waals surface area (Å²) in [5.41, 5.74) is 2.64. The lowest BCUT2D eigenvalue weighted by molar-refractivity contribution is 0.357. The highest BCUT2D eigenvalue weighted by molar-refractivity contribution is 14.0. The van der Waals surface area contributed by atoms with Crippen LogP contribution in [0.15, 0.2) is 29.3 Å². The summed E-state index contributed by atoms with van der Waals surface area (Å²) in [7, 11) is 3.95. The van der Waals surface area contributed by atoms with Gasteiger partial charge in [0.05, 0.1) is 6.04 Å². The predicted molar refractivity (Wildman–Crippen MR) is 119 cm³/mol. The summed E-state index contributed by atoms with van der Waals surface area (Å²) in [4.78, 5) is 9.10. The van der Waals surface area contributed by atoms with Gasteiger partial charge in [-0.15, -0.1) is 24.0 Å². The van der Waals surface area contributed by atoms with E-state index in [9.17, 15) is 0 Å². The summed E-state index contributed by atoms with van der Waals surface area (Å²) in [6.45, 7) is 9.68. The highest BCUT2D eigenvalue weighted by Gasteiger charge is 2.14. The number of hydrogen-bond acceptors (Lipinski definition) is 3. The van der Waals surface area contributed by atoms with Crippen LogP contribution in [0.25, 0.3) is 0 Å². The molecule has 0 bridgehead atoms. The second kappa shape index (κ2) is 11.6. The first-order valence-electron chi connectivity index (χ1n) is 9.14. The van der Waals surface area contributed by atoms with Crippen molar-refractivity contribution in [2.75, 3.05) is 51.7 Å². The lowest BCUT2D eigenvalue weighted by atomic mass is 10.1. The number of hydrogen-bond donors (Lipinski definition) is 2. The van der Waals surface area contributed by atoms with Crippen LogP contribution in [0, 0.1) is 0 Å². The van der Waals surface area contributed by atoms with Crippen LogP contribution in [-0.2, 0) is 0 Å². The van der Waals surface area contributed by atoms with Crippen molar-refractivity contribution in [3.05, 3.63) is 29.8 Å². The maximum atomic E-state index is 4.34. The molecule has 0 spiro atoms. The van der Waals surface area contributed by atoms with Gasteiger partial charge in [0.2, 0.25) is 0 Å². The number of nitrogens with one attached hydrogen (secondary N) is 2. The first-order valence-corrected chi connectivity index (χ1v) is 9.14. The number of rotatable bonds is 7. The Morgan fingerprint density at radius 1 is 1.32 bits per heavy atom. The zero-order valence-corrected chi connectivity index (χ0v) is 18.4. The van der Waals surface area contributed by atoms with Crippen LogP contribution in [0.3, 0.4) is 0 Å². The van der Waals surface area contributed by atoms with Crippen LogP contribution in [-0.4, -0.2) is 57.7 Å². The molecule has 142 valence electrons. The Hall–Kier alpha value is -1.02. The second-order valence-electron chi connectivity index (χ2n) is 6.55. The van der Waals surface area contributed by atoms with Crippen molar-refractivity contribution >= 4 is 35.6 Å². The molecule has 0 amide bonds. The minimum Gasteiger partial charge on any atom is -0.372 e. The Kier molecular flexibility index (Phi) is 10.2. The van der Waals surface area contributed by atoms with Crippen LogP contribution >= 0.6 is 24.0 Å². The van der Waals surface area contributed by atoms with Gasteiger partial charge in [-0.3, -0.25) is 4.99 Å². The predicted octanol–water partition coefficient (Wildman–Crippen LogP) is 3.08. The van der Waals surface area contributed by atoms with Gasteiger partial charge in [0.1, 0.15) is 0 Å². The van der Waals surface area contributed by atoms with Gasteiger partial charge < -0.3 is 20.4 Å². The van der Waals surface area contributed by atoms with E-state index in [1.165, 1.54) is 37.2 Å². The minimum absolute atomic E-state index is 0. The number of likely N-dealkylation sites (N-methyl/N-ethyl adjacent to an activating group) is 1. The summed E-state index contributed by atoms with van der Waals surface area (Å²) in [5.74, 6) is 0.860. The first-order chi connectivity index (χ1) is 11.6. The van der Waals surface area contributed by atoms with Gasteiger partial charge in [0, 0.05) is 38.9 Å². The molecule has 1 aliphatic rings. The average molecular weight is 459 g/mol. The Bertz CT molecular complexity index is 528. The number of benzene rings is 1. The molecule has 1 unspecified atom stereocenters. The average Bonchev–Trinajstić information content (AvgIpc) is 3.15. The van der Waals surface area contributed by atoms with Gasteiger partial charge in [-0.1, -0.05) is 19.1 Å². The molecule has 5 nitrogen and oxygen atoms in total. The number of nitrogens with zero attached hydrogens (tertiary/aromatic N) is 3. The van der Waals surface area contributed by atoms with Gasteiger partial charge in [-0.25, -0.2) is 0 Å². The largest absolute Gasteiger partial charge is 0.372 e. The molecule has 2 rings (SSSR count). The van der Waals surface area contributed by atoms with E-state index in [1.807, 2.05) is 7.05 Å². The first kappa shape index (κ1) is 22.0. The third kappa shape index (κ3) is 7.01. The van der Waals surface area contributed by atoms with E-state index in [0.29, 0.717) is 0 Å². The third-order valence-corrected chi connectivity index (χ3v) is 4.74. The lowest BCUT2D eigenvalue weighted by Crippen LogP contribution is -2.41. The quantitative estimate of drug-likeness (QED) is 0.374. The van der Waals surface area contributed by atoms with Crippen molar-refractivity contribution in [2.24, 2.45) is 4.99 Å². The molecule has 1 aliphatic heterocycles. The van der Waals surface area contributed by atoms with E-state index in [0.717, 1.165) is 25.6 Å². The Balaban J connectivity index is 0.00000312. The SMILES string of the molecule is CCN(C)CCNC(=NC)NC(C)c1cccc(N2CCCC2)c1.I. The van der Waals surface area contributed by atoms with Crippen LogP contribution in [0.1, 0.15) is 38.3 Å². The van der Waals surface area contributed by atoms with E-state index >= 15 is 0 Å². The fourth-order valence-electron chi connectivity index (χ4n) is 2.97. The van der Waals surface area contributed by atoms with Crippen molar-refractivity contribution < 1.29 is 0 Å². The summed E-state index contributed by atoms with van der Waals surface area (Å²) in [5, 5.41) is 6.89. The highest BCUT2D eigenvalue weighted by atomic mass is 127. The van der Waals surface area contributed by atoms with Crippen molar-refractivity contribution in [3.8, 4) is 0 Å². The Morgan fingerprint density at radius 3 is 2.68 bits per heavy atom. The third-order valence-electron chi connectivity index (χ3n) is 4.74. The van der Waals surface area contributed by atoms with Crippen molar-refractivity contribution in [3.63, 3.8) is 0 Å². The minimum atomic E-state index is 0. The van der Waals surface area contributed by atoms with Gasteiger partial charge in [0.25, 0.3) is 0 Å². The standard InChI is InChI=1S/C19H33N5.HI/c1-5-23(4)14-11-21-19(20-3)22-16(2)17-9-8-10-18(15-17)24-12-6-7-13-24;/h8-10,15-16H,5-7,11-14H2,1-4H3,(H2,20,21,22);1H. The van der Waals surface area contributed by atoms with E-state index in [-0.39, 0.29) is 30.0 Å². The van der Waals surface area contributed by atoms with Gasteiger partial charge in [-0.2, -0.15) is 0 Å². The van der Waals surface area contributed by atoms with Crippen molar-refractivity contribution in [1.29, 1.82) is 0 Å². The molecule has 6 heteroatoms. The van der Waals surface area contributed by atoms with Crippen molar-refractivity contribution in [2.45, 2.75) is 32.7 Å². The van der Waals surface area contributed by atoms with Gasteiger partial charge in [-0.05, 0) is 51.1 Å². The Morgan fingerprint density at radius 2 is 2.04 bits per heavy atom. The number of halogens is 1. The summed E-state index contributed by atoms with van der Waals surface area (Å²) in [6, 6.07) is 9.10. The fraction of sp³-hybridized carbons (Fsp3) is 0.632. The van der Waals surface area contributed by atoms with E-state index in [4.69, 9.17) is 0 Å². The maximum Gasteiger partial charge on any atom is 0.191 e. The smallest absolute Gasteiger partial charge is 0.191 e. The number of anilines is 1. The number of aliphatic imine (C=N–C) groups is 1. The topological polar surface area (TPSA) is 42.9 Å². The zero-order chi connectivity index (χ0) is 17.4. The van der Waals surface area contributed by atoms with Gasteiger partial charge >= 0.3 is 0 Å². The second-order valence-corrected chi connectivity index (χ2v) is 6.55. The van der Waals surface area contributed by atoms with Crippen molar-refractivity contribution in [1.82, 2.24) is 15.5 Å². The van der Waals surface area contributed by atoms with Crippen LogP contribution < -0.4 is 15.5 Å². The normalized spacial score (nSPS) is 15.9. The summed E-state index contributed by atoms with van der Waals surface area (Å²) < 4.78 is 0. The molecule has 2 N–H and O–H groups in total. The molecule has 1 aromatic rings. The van der Waals surface area contributed by atoms with E-state index in [1.54, 1.807) is 0 Å². The molecule has 1 atom stereocenters. The molecule has 1 fully saturated rings. The highest BCUT2D eigenvalue weighted by Crippen LogP contribution is 2.23. The molecule has 0 radical (unpaired) electrons. The number of guanidine groups is 1. The van der Waals surface area contributed by atoms with Crippen LogP contribution in [0.2, 0.25) is 0 Å². The van der Waals surface area contributed by atoms with Crippen LogP contribution in [0.4, 0.5) is 5.69 Å². The van der Waals surface area contributed by atoms with Gasteiger partial charge in [0.15, 0.2) is 5.96 Å². The Labute approximate surface area is 170 Å². The lowest BCUT2D eigenvalue weighted by Gasteiger charge is -2.22. The van der Waals surface area contributed by atoms with E-state index in [2.05, 4.69) is 70.6 Å². The summed E-state index contributed by atoms with van der Waals surface area (Å²) in [6.07, 6.45) is 2.61.